The van der Waals surface area contributed by atoms with Gasteiger partial charge in [0.2, 0.25) is 5.91 Å². The van der Waals surface area contributed by atoms with Gasteiger partial charge in [-0.25, -0.2) is 4.79 Å². The van der Waals surface area contributed by atoms with Crippen LogP contribution < -0.4 is 5.32 Å². The Labute approximate surface area is 156 Å². The molecule has 0 aliphatic carbocycles. The fourth-order valence-electron chi connectivity index (χ4n) is 2.23. The summed E-state index contributed by atoms with van der Waals surface area (Å²) in [6.45, 7) is 4.06. The number of nitrogens with one attached hydrogen (secondary N) is 1. The number of amides is 1. The van der Waals surface area contributed by atoms with Crippen LogP contribution in [-0.2, 0) is 15.3 Å². The average molecular weight is 378 g/mol. The van der Waals surface area contributed by atoms with Gasteiger partial charge in [0.25, 0.3) is 0 Å². The van der Waals surface area contributed by atoms with Crippen molar-refractivity contribution in [1.29, 1.82) is 0 Å². The summed E-state index contributed by atoms with van der Waals surface area (Å²) in [6.07, 6.45) is 0. The van der Waals surface area contributed by atoms with Gasteiger partial charge in [-0.3, -0.25) is 4.79 Å². The molecule has 2 aromatic rings. The number of anilines is 1. The van der Waals surface area contributed by atoms with E-state index >= 15 is 0 Å². The molecule has 1 amide bonds. The van der Waals surface area contributed by atoms with Crippen LogP contribution in [0.15, 0.2) is 42.5 Å². The van der Waals surface area contributed by atoms with Gasteiger partial charge in [0, 0.05) is 11.4 Å². The number of hydrogen-bond donors (Lipinski definition) is 1. The van der Waals surface area contributed by atoms with Gasteiger partial charge in [0.05, 0.1) is 22.9 Å². The molecule has 1 N–H and O–H groups in total. The summed E-state index contributed by atoms with van der Waals surface area (Å²) >= 11 is 7.63. The standard InChI is InChI=1S/C19H20ClNO3S/c1-3-24-19(23)16-8-7-15(10-17(16)20)21-18(22)12-25-11-14-6-4-5-13(2)9-14/h4-10H,3,11-12H2,1-2H3,(H,21,22). The predicted octanol–water partition coefficient (Wildman–Crippen LogP) is 4.70. The molecule has 4 nitrogen and oxygen atoms in total. The summed E-state index contributed by atoms with van der Waals surface area (Å²) in [7, 11) is 0. The third-order valence-corrected chi connectivity index (χ3v) is 4.65. The van der Waals surface area contributed by atoms with E-state index < -0.39 is 5.97 Å². The second kappa shape index (κ2) is 9.49. The van der Waals surface area contributed by atoms with E-state index in [1.54, 1.807) is 36.9 Å². The number of carbonyl (C=O) groups is 2. The molecule has 0 aliphatic heterocycles. The van der Waals surface area contributed by atoms with Crippen LogP contribution in [0.25, 0.3) is 0 Å². The van der Waals surface area contributed by atoms with Gasteiger partial charge in [-0.05, 0) is 37.6 Å². The number of halogens is 1. The second-order valence-corrected chi connectivity index (χ2v) is 6.84. The number of esters is 1. The number of carbonyl (C=O) groups excluding carboxylic acids is 2. The average Bonchev–Trinajstić information content (AvgIpc) is 2.55. The van der Waals surface area contributed by atoms with Crippen molar-refractivity contribution in [3.05, 3.63) is 64.2 Å². The first kappa shape index (κ1) is 19.3. The fraction of sp³-hybridized carbons (Fsp3) is 0.263. The van der Waals surface area contributed by atoms with Crippen molar-refractivity contribution in [2.45, 2.75) is 19.6 Å². The third kappa shape index (κ3) is 6.11. The molecule has 0 radical (unpaired) electrons. The molecular weight excluding hydrogens is 358 g/mol. The lowest BCUT2D eigenvalue weighted by Crippen LogP contribution is -2.14. The zero-order valence-corrected chi connectivity index (χ0v) is 15.7. The lowest BCUT2D eigenvalue weighted by molar-refractivity contribution is -0.113. The van der Waals surface area contributed by atoms with Gasteiger partial charge in [0.1, 0.15) is 0 Å². The number of ether oxygens (including phenoxy) is 1. The van der Waals surface area contributed by atoms with Crippen LogP contribution in [0.5, 0.6) is 0 Å². The summed E-state index contributed by atoms with van der Waals surface area (Å²) in [5.74, 6) is 0.528. The van der Waals surface area contributed by atoms with E-state index in [4.69, 9.17) is 16.3 Å². The summed E-state index contributed by atoms with van der Waals surface area (Å²) in [6, 6.07) is 13.0. The highest BCUT2D eigenvalue weighted by Crippen LogP contribution is 2.22. The zero-order chi connectivity index (χ0) is 18.2. The first-order valence-electron chi connectivity index (χ1n) is 7.89. The zero-order valence-electron chi connectivity index (χ0n) is 14.2. The largest absolute Gasteiger partial charge is 0.462 e. The van der Waals surface area contributed by atoms with Gasteiger partial charge in [-0.1, -0.05) is 41.4 Å². The summed E-state index contributed by atoms with van der Waals surface area (Å²) < 4.78 is 4.92. The van der Waals surface area contributed by atoms with Gasteiger partial charge in [-0.15, -0.1) is 11.8 Å². The first-order valence-corrected chi connectivity index (χ1v) is 9.42. The molecule has 25 heavy (non-hydrogen) atoms. The quantitative estimate of drug-likeness (QED) is 0.711. The number of aryl methyl sites for hydroxylation is 1. The topological polar surface area (TPSA) is 55.4 Å². The Bertz CT molecular complexity index is 764. The minimum atomic E-state index is -0.473. The van der Waals surface area contributed by atoms with Crippen molar-refractivity contribution in [2.75, 3.05) is 17.7 Å². The number of thioether (sulfide) groups is 1. The highest BCUT2D eigenvalue weighted by atomic mass is 35.5. The first-order chi connectivity index (χ1) is 12.0. The maximum Gasteiger partial charge on any atom is 0.339 e. The molecule has 0 fully saturated rings. The van der Waals surface area contributed by atoms with Crippen molar-refractivity contribution in [1.82, 2.24) is 0 Å². The van der Waals surface area contributed by atoms with Crippen LogP contribution >= 0.6 is 23.4 Å². The molecular formula is C19H20ClNO3S. The molecule has 0 unspecified atom stereocenters. The lowest BCUT2D eigenvalue weighted by atomic mass is 10.2. The Morgan fingerprint density at radius 3 is 2.68 bits per heavy atom. The fourth-order valence-corrected chi connectivity index (χ4v) is 3.26. The highest BCUT2D eigenvalue weighted by molar-refractivity contribution is 7.99. The lowest BCUT2D eigenvalue weighted by Gasteiger charge is -2.08. The molecule has 0 atom stereocenters. The third-order valence-electron chi connectivity index (χ3n) is 3.33. The number of rotatable bonds is 7. The number of benzene rings is 2. The SMILES string of the molecule is CCOC(=O)c1ccc(NC(=O)CSCc2cccc(C)c2)cc1Cl. The minimum Gasteiger partial charge on any atom is -0.462 e. The van der Waals surface area contributed by atoms with Crippen LogP contribution in [0, 0.1) is 6.92 Å². The summed E-state index contributed by atoms with van der Waals surface area (Å²) in [5, 5.41) is 3.04. The van der Waals surface area contributed by atoms with E-state index in [1.165, 1.54) is 11.1 Å². The Morgan fingerprint density at radius 1 is 1.20 bits per heavy atom. The molecule has 0 heterocycles. The van der Waals surface area contributed by atoms with Gasteiger partial charge in [0.15, 0.2) is 0 Å². The van der Waals surface area contributed by atoms with Crippen molar-refractivity contribution in [3.8, 4) is 0 Å². The van der Waals surface area contributed by atoms with E-state index in [2.05, 4.69) is 11.4 Å². The molecule has 2 aromatic carbocycles. The molecule has 0 saturated carbocycles. The van der Waals surface area contributed by atoms with E-state index in [1.807, 2.05) is 25.1 Å². The van der Waals surface area contributed by atoms with Gasteiger partial charge < -0.3 is 10.1 Å². The number of hydrogen-bond acceptors (Lipinski definition) is 4. The maximum absolute atomic E-state index is 12.0. The molecule has 6 heteroatoms. The molecule has 0 bridgehead atoms. The Kier molecular flexibility index (Phi) is 7.34. The van der Waals surface area contributed by atoms with Gasteiger partial charge >= 0.3 is 5.97 Å². The molecule has 132 valence electrons. The predicted molar refractivity (Wildman–Crippen MR) is 103 cm³/mol. The molecule has 2 rings (SSSR count). The van der Waals surface area contributed by atoms with Crippen LogP contribution in [0.1, 0.15) is 28.4 Å². The normalized spacial score (nSPS) is 10.4. The van der Waals surface area contributed by atoms with E-state index in [9.17, 15) is 9.59 Å². The highest BCUT2D eigenvalue weighted by Gasteiger charge is 2.12. The second-order valence-electron chi connectivity index (χ2n) is 5.45. The van der Waals surface area contributed by atoms with Crippen LogP contribution in [-0.4, -0.2) is 24.2 Å². The molecule has 0 aromatic heterocycles. The molecule has 0 spiro atoms. The van der Waals surface area contributed by atoms with E-state index in [0.717, 1.165) is 5.75 Å². The monoisotopic (exact) mass is 377 g/mol. The van der Waals surface area contributed by atoms with Crippen molar-refractivity contribution in [2.24, 2.45) is 0 Å². The van der Waals surface area contributed by atoms with Crippen molar-refractivity contribution >= 4 is 40.9 Å². The van der Waals surface area contributed by atoms with Crippen LogP contribution in [0.4, 0.5) is 5.69 Å². The van der Waals surface area contributed by atoms with Crippen molar-refractivity contribution in [3.63, 3.8) is 0 Å². The molecule has 0 aliphatic rings. The Morgan fingerprint density at radius 2 is 2.00 bits per heavy atom. The van der Waals surface area contributed by atoms with E-state index in [-0.39, 0.29) is 23.1 Å². The minimum absolute atomic E-state index is 0.113. The Hall–Kier alpha value is -1.98. The summed E-state index contributed by atoms with van der Waals surface area (Å²) in [5.41, 5.74) is 3.24. The van der Waals surface area contributed by atoms with Crippen LogP contribution in [0.3, 0.4) is 0 Å². The maximum atomic E-state index is 12.0. The van der Waals surface area contributed by atoms with E-state index in [0.29, 0.717) is 11.4 Å². The van der Waals surface area contributed by atoms with Crippen LogP contribution in [0.2, 0.25) is 5.02 Å². The van der Waals surface area contributed by atoms with Gasteiger partial charge in [-0.2, -0.15) is 0 Å². The smallest absolute Gasteiger partial charge is 0.339 e. The Balaban J connectivity index is 1.86. The summed E-state index contributed by atoms with van der Waals surface area (Å²) in [4.78, 5) is 23.7. The molecule has 0 saturated heterocycles. The van der Waals surface area contributed by atoms with Crippen molar-refractivity contribution < 1.29 is 14.3 Å².